The zero-order valence-electron chi connectivity index (χ0n) is 12.0. The molecular formula is C15H16BrN3O2S. The molecule has 0 aliphatic carbocycles. The topological polar surface area (TPSA) is 66.3 Å². The molecule has 0 aliphatic heterocycles. The standard InChI is InChI=1S/C15H16BrN3O2S/c1-10-7-11(16)4-5-13(10)19-14(20)9-18-15(22)17-8-12-3-2-6-21-12/h2-7H,8-9H2,1H3,(H,19,20)(H2,17,18,22). The number of benzene rings is 1. The van der Waals surface area contributed by atoms with Crippen LogP contribution in [0, 0.1) is 6.92 Å². The van der Waals surface area contributed by atoms with E-state index in [9.17, 15) is 4.79 Å². The summed E-state index contributed by atoms with van der Waals surface area (Å²) in [5.74, 6) is 0.617. The normalized spacial score (nSPS) is 10.1. The molecule has 1 aromatic heterocycles. The Labute approximate surface area is 142 Å². The molecule has 2 aromatic rings. The minimum absolute atomic E-state index is 0.0967. The van der Waals surface area contributed by atoms with Crippen LogP contribution in [0.3, 0.4) is 0 Å². The van der Waals surface area contributed by atoms with Crippen molar-refractivity contribution in [3.63, 3.8) is 0 Å². The van der Waals surface area contributed by atoms with Gasteiger partial charge in [0.2, 0.25) is 5.91 Å². The third kappa shape index (κ3) is 5.16. The molecule has 0 radical (unpaired) electrons. The summed E-state index contributed by atoms with van der Waals surface area (Å²) in [6.07, 6.45) is 1.60. The van der Waals surface area contributed by atoms with Crippen LogP contribution in [-0.4, -0.2) is 17.6 Å². The van der Waals surface area contributed by atoms with E-state index in [-0.39, 0.29) is 12.5 Å². The van der Waals surface area contributed by atoms with E-state index in [1.165, 1.54) is 0 Å². The summed E-state index contributed by atoms with van der Waals surface area (Å²) in [5, 5.41) is 9.05. The Morgan fingerprint density at radius 2 is 2.14 bits per heavy atom. The van der Waals surface area contributed by atoms with E-state index < -0.39 is 0 Å². The van der Waals surface area contributed by atoms with Gasteiger partial charge in [0.15, 0.2) is 5.11 Å². The zero-order valence-corrected chi connectivity index (χ0v) is 14.4. The van der Waals surface area contributed by atoms with Gasteiger partial charge < -0.3 is 20.4 Å². The number of anilines is 1. The number of furan rings is 1. The summed E-state index contributed by atoms with van der Waals surface area (Å²) in [7, 11) is 0. The first-order valence-corrected chi connectivity index (χ1v) is 7.85. The second-order valence-electron chi connectivity index (χ2n) is 4.62. The Balaban J connectivity index is 1.74. The first-order chi connectivity index (χ1) is 10.5. The maximum absolute atomic E-state index is 11.9. The lowest BCUT2D eigenvalue weighted by Crippen LogP contribution is -2.39. The average molecular weight is 382 g/mol. The molecule has 116 valence electrons. The van der Waals surface area contributed by atoms with Crippen molar-refractivity contribution in [2.24, 2.45) is 0 Å². The molecule has 1 amide bonds. The van der Waals surface area contributed by atoms with Gasteiger partial charge in [0.25, 0.3) is 0 Å². The first kappa shape index (κ1) is 16.5. The van der Waals surface area contributed by atoms with Crippen LogP contribution in [-0.2, 0) is 11.3 Å². The highest BCUT2D eigenvalue weighted by Crippen LogP contribution is 2.19. The predicted molar refractivity (Wildman–Crippen MR) is 93.7 cm³/mol. The number of thiocarbonyl (C=S) groups is 1. The van der Waals surface area contributed by atoms with Crippen molar-refractivity contribution in [2.45, 2.75) is 13.5 Å². The maximum atomic E-state index is 11.9. The van der Waals surface area contributed by atoms with Crippen LogP contribution in [0.25, 0.3) is 0 Å². The molecule has 0 saturated carbocycles. The highest BCUT2D eigenvalue weighted by molar-refractivity contribution is 9.10. The van der Waals surface area contributed by atoms with E-state index in [1.54, 1.807) is 6.26 Å². The number of amides is 1. The fraction of sp³-hybridized carbons (Fsp3) is 0.200. The fourth-order valence-electron chi connectivity index (χ4n) is 1.77. The van der Waals surface area contributed by atoms with Gasteiger partial charge in [-0.25, -0.2) is 0 Å². The Hall–Kier alpha value is -1.86. The predicted octanol–water partition coefficient (Wildman–Crippen LogP) is 2.95. The van der Waals surface area contributed by atoms with E-state index in [1.807, 2.05) is 37.3 Å². The lowest BCUT2D eigenvalue weighted by atomic mass is 10.2. The number of halogens is 1. The number of nitrogens with one attached hydrogen (secondary N) is 3. The number of carbonyl (C=O) groups is 1. The highest BCUT2D eigenvalue weighted by atomic mass is 79.9. The van der Waals surface area contributed by atoms with Crippen LogP contribution in [0.2, 0.25) is 0 Å². The van der Waals surface area contributed by atoms with Gasteiger partial charge in [-0.3, -0.25) is 4.79 Å². The quantitative estimate of drug-likeness (QED) is 0.694. The second kappa shape index (κ2) is 7.95. The number of hydrogen-bond donors (Lipinski definition) is 3. The molecule has 0 atom stereocenters. The van der Waals surface area contributed by atoms with Crippen molar-refractivity contribution >= 4 is 44.9 Å². The van der Waals surface area contributed by atoms with Crippen LogP contribution in [0.15, 0.2) is 45.5 Å². The molecule has 22 heavy (non-hydrogen) atoms. The van der Waals surface area contributed by atoms with Gasteiger partial charge in [-0.2, -0.15) is 0 Å². The first-order valence-electron chi connectivity index (χ1n) is 6.64. The Morgan fingerprint density at radius 3 is 2.82 bits per heavy atom. The molecule has 0 saturated heterocycles. The molecular weight excluding hydrogens is 366 g/mol. The Morgan fingerprint density at radius 1 is 1.32 bits per heavy atom. The van der Waals surface area contributed by atoms with Crippen molar-refractivity contribution in [3.05, 3.63) is 52.4 Å². The molecule has 1 aromatic carbocycles. The summed E-state index contributed by atoms with van der Waals surface area (Å²) in [4.78, 5) is 11.9. The maximum Gasteiger partial charge on any atom is 0.243 e. The van der Waals surface area contributed by atoms with Crippen molar-refractivity contribution in [2.75, 3.05) is 11.9 Å². The number of aryl methyl sites for hydroxylation is 1. The van der Waals surface area contributed by atoms with Gasteiger partial charge in [-0.05, 0) is 55.0 Å². The van der Waals surface area contributed by atoms with Crippen LogP contribution in [0.5, 0.6) is 0 Å². The largest absolute Gasteiger partial charge is 0.467 e. The van der Waals surface area contributed by atoms with Crippen molar-refractivity contribution in [1.82, 2.24) is 10.6 Å². The van der Waals surface area contributed by atoms with Crippen LogP contribution >= 0.6 is 28.1 Å². The van der Waals surface area contributed by atoms with Crippen molar-refractivity contribution < 1.29 is 9.21 Å². The number of rotatable bonds is 5. The smallest absolute Gasteiger partial charge is 0.243 e. The van der Waals surface area contributed by atoms with Crippen molar-refractivity contribution in [1.29, 1.82) is 0 Å². The monoisotopic (exact) mass is 381 g/mol. The molecule has 0 fully saturated rings. The second-order valence-corrected chi connectivity index (χ2v) is 5.95. The molecule has 0 bridgehead atoms. The van der Waals surface area contributed by atoms with Crippen LogP contribution in [0.4, 0.5) is 5.69 Å². The van der Waals surface area contributed by atoms with Crippen LogP contribution < -0.4 is 16.0 Å². The lowest BCUT2D eigenvalue weighted by molar-refractivity contribution is -0.115. The zero-order chi connectivity index (χ0) is 15.9. The van der Waals surface area contributed by atoms with E-state index in [0.717, 1.165) is 21.5 Å². The Bertz CT molecular complexity index is 659. The lowest BCUT2D eigenvalue weighted by Gasteiger charge is -2.11. The molecule has 0 unspecified atom stereocenters. The molecule has 0 aliphatic rings. The van der Waals surface area contributed by atoms with E-state index in [2.05, 4.69) is 31.9 Å². The summed E-state index contributed by atoms with van der Waals surface area (Å²) < 4.78 is 6.15. The molecule has 0 spiro atoms. The van der Waals surface area contributed by atoms with E-state index >= 15 is 0 Å². The highest BCUT2D eigenvalue weighted by Gasteiger charge is 2.06. The summed E-state index contributed by atoms with van der Waals surface area (Å²) in [5.41, 5.74) is 1.77. The van der Waals surface area contributed by atoms with Gasteiger partial charge in [-0.15, -0.1) is 0 Å². The van der Waals surface area contributed by atoms with Gasteiger partial charge in [-0.1, -0.05) is 15.9 Å². The van der Waals surface area contributed by atoms with Gasteiger partial charge in [0.1, 0.15) is 5.76 Å². The molecule has 7 heteroatoms. The SMILES string of the molecule is Cc1cc(Br)ccc1NC(=O)CNC(=S)NCc1ccco1. The number of carbonyl (C=O) groups excluding carboxylic acids is 1. The van der Waals surface area contributed by atoms with Crippen LogP contribution in [0.1, 0.15) is 11.3 Å². The molecule has 2 rings (SSSR count). The fourth-order valence-corrected chi connectivity index (χ4v) is 2.39. The van der Waals surface area contributed by atoms with Gasteiger partial charge >= 0.3 is 0 Å². The summed E-state index contributed by atoms with van der Waals surface area (Å²) in [6, 6.07) is 9.33. The minimum atomic E-state index is -0.160. The van der Waals surface area contributed by atoms with Gasteiger partial charge in [0, 0.05) is 10.2 Å². The van der Waals surface area contributed by atoms with Crippen molar-refractivity contribution in [3.8, 4) is 0 Å². The third-order valence-corrected chi connectivity index (χ3v) is 3.66. The average Bonchev–Trinajstić information content (AvgIpc) is 2.99. The summed E-state index contributed by atoms with van der Waals surface area (Å²) >= 11 is 8.49. The third-order valence-electron chi connectivity index (χ3n) is 2.88. The summed E-state index contributed by atoms with van der Waals surface area (Å²) in [6.45, 7) is 2.51. The minimum Gasteiger partial charge on any atom is -0.467 e. The number of hydrogen-bond acceptors (Lipinski definition) is 3. The van der Waals surface area contributed by atoms with Gasteiger partial charge in [0.05, 0.1) is 19.4 Å². The molecule has 3 N–H and O–H groups in total. The van der Waals surface area contributed by atoms with E-state index in [4.69, 9.17) is 16.6 Å². The van der Waals surface area contributed by atoms with E-state index in [0.29, 0.717) is 11.7 Å². The molecule has 1 heterocycles. The molecule has 5 nitrogen and oxygen atoms in total. The Kier molecular flexibility index (Phi) is 5.97.